The molecule has 4 nitrogen and oxygen atoms in total. The highest BCUT2D eigenvalue weighted by Gasteiger charge is 2.33. The Morgan fingerprint density at radius 1 is 1.32 bits per heavy atom. The van der Waals surface area contributed by atoms with Gasteiger partial charge < -0.3 is 9.64 Å². The molecule has 0 aliphatic carbocycles. The molecule has 0 saturated carbocycles. The zero-order valence-corrected chi connectivity index (χ0v) is 11.8. The molecule has 0 unspecified atom stereocenters. The first kappa shape index (κ1) is 13.6. The summed E-state index contributed by atoms with van der Waals surface area (Å²) in [6, 6.07) is 5.91. The summed E-state index contributed by atoms with van der Waals surface area (Å²) in [5.41, 5.74) is 2.86. The fraction of sp³-hybridized carbons (Fsp3) is 0.467. The van der Waals surface area contributed by atoms with Crippen molar-refractivity contribution in [3.8, 4) is 0 Å². The first-order valence-corrected chi connectivity index (χ1v) is 6.47. The maximum absolute atomic E-state index is 11.8. The number of amides is 1. The van der Waals surface area contributed by atoms with Crippen molar-refractivity contribution in [3.63, 3.8) is 0 Å². The molecule has 4 heteroatoms. The second-order valence-electron chi connectivity index (χ2n) is 5.13. The average Bonchev–Trinajstić information content (AvgIpc) is 2.28. The summed E-state index contributed by atoms with van der Waals surface area (Å²) in [4.78, 5) is 24.8. The number of carbonyl (C=O) groups excluding carboxylic acids is 2. The normalized spacial score (nSPS) is 21.8. The van der Waals surface area contributed by atoms with Crippen LogP contribution >= 0.6 is 0 Å². The Kier molecular flexibility index (Phi) is 3.60. The number of ether oxygens (including phenoxy) is 1. The van der Waals surface area contributed by atoms with Crippen molar-refractivity contribution in [3.05, 3.63) is 29.3 Å². The molecule has 0 fully saturated rings. The predicted molar refractivity (Wildman–Crippen MR) is 72.9 cm³/mol. The Balaban J connectivity index is 2.49. The third kappa shape index (κ3) is 2.62. The fourth-order valence-corrected chi connectivity index (χ4v) is 2.72. The maximum Gasteiger partial charge on any atom is 0.303 e. The van der Waals surface area contributed by atoms with E-state index in [-0.39, 0.29) is 24.0 Å². The molecule has 1 heterocycles. The highest BCUT2D eigenvalue weighted by atomic mass is 16.5. The minimum absolute atomic E-state index is 0.0129. The number of hydrogen-bond donors (Lipinski definition) is 0. The van der Waals surface area contributed by atoms with Crippen LogP contribution in [0, 0.1) is 6.92 Å². The number of hydrogen-bond acceptors (Lipinski definition) is 3. The van der Waals surface area contributed by atoms with E-state index >= 15 is 0 Å². The minimum atomic E-state index is -0.291. The van der Waals surface area contributed by atoms with Crippen molar-refractivity contribution in [2.75, 3.05) is 4.90 Å². The molecule has 0 aromatic heterocycles. The fourth-order valence-electron chi connectivity index (χ4n) is 2.72. The van der Waals surface area contributed by atoms with Crippen LogP contribution in [0.3, 0.4) is 0 Å². The molecule has 19 heavy (non-hydrogen) atoms. The third-order valence-corrected chi connectivity index (χ3v) is 3.43. The summed E-state index contributed by atoms with van der Waals surface area (Å²) >= 11 is 0. The van der Waals surface area contributed by atoms with Gasteiger partial charge in [0.15, 0.2) is 0 Å². The van der Waals surface area contributed by atoms with E-state index in [1.54, 1.807) is 11.8 Å². The summed E-state index contributed by atoms with van der Waals surface area (Å²) in [5, 5.41) is 0. The van der Waals surface area contributed by atoms with Crippen molar-refractivity contribution >= 4 is 17.6 Å². The molecule has 0 saturated heterocycles. The van der Waals surface area contributed by atoms with E-state index in [2.05, 4.69) is 0 Å². The van der Waals surface area contributed by atoms with Crippen LogP contribution in [0.5, 0.6) is 0 Å². The zero-order valence-electron chi connectivity index (χ0n) is 11.8. The van der Waals surface area contributed by atoms with Crippen LogP contribution in [0.4, 0.5) is 5.69 Å². The summed E-state index contributed by atoms with van der Waals surface area (Å²) < 4.78 is 5.39. The van der Waals surface area contributed by atoms with Gasteiger partial charge in [-0.2, -0.15) is 0 Å². The van der Waals surface area contributed by atoms with E-state index in [0.717, 1.165) is 16.8 Å². The molecule has 102 valence electrons. The first-order valence-electron chi connectivity index (χ1n) is 6.47. The summed E-state index contributed by atoms with van der Waals surface area (Å²) in [6.07, 6.45) is 0.369. The molecule has 0 N–H and O–H groups in total. The predicted octanol–water partition coefficient (Wildman–Crippen LogP) is 2.74. The molecule has 1 aliphatic rings. The van der Waals surface area contributed by atoms with E-state index in [9.17, 15) is 9.59 Å². The standard InChI is InChI=1S/C15H19NO3/c1-9-5-6-14-13(7-9)15(19-12(4)18)8-10(2)16(14)11(3)17/h5-7,10,15H,8H2,1-4H3/t10-,15+/m0/s1. The second kappa shape index (κ2) is 5.03. The largest absolute Gasteiger partial charge is 0.458 e. The maximum atomic E-state index is 11.8. The van der Waals surface area contributed by atoms with Crippen LogP contribution in [0.1, 0.15) is 44.4 Å². The molecular formula is C15H19NO3. The SMILES string of the molecule is CC(=O)O[C@@H]1C[C@H](C)N(C(C)=O)c2ccc(C)cc21. The van der Waals surface area contributed by atoms with Crippen LogP contribution in [-0.2, 0) is 14.3 Å². The molecular weight excluding hydrogens is 242 g/mol. The van der Waals surface area contributed by atoms with Gasteiger partial charge in [0.25, 0.3) is 0 Å². The monoisotopic (exact) mass is 261 g/mol. The van der Waals surface area contributed by atoms with Crippen molar-refractivity contribution in [1.29, 1.82) is 0 Å². The lowest BCUT2D eigenvalue weighted by atomic mass is 9.92. The number of aryl methyl sites for hydroxylation is 1. The highest BCUT2D eigenvalue weighted by molar-refractivity contribution is 5.93. The zero-order chi connectivity index (χ0) is 14.2. The van der Waals surface area contributed by atoms with Gasteiger partial charge in [0.1, 0.15) is 6.10 Å². The lowest BCUT2D eigenvalue weighted by molar-refractivity contribution is -0.147. The Morgan fingerprint density at radius 2 is 2.00 bits per heavy atom. The number of fused-ring (bicyclic) bond motifs is 1. The van der Waals surface area contributed by atoms with E-state index in [1.807, 2.05) is 32.0 Å². The smallest absolute Gasteiger partial charge is 0.303 e. The Bertz CT molecular complexity index is 524. The summed E-state index contributed by atoms with van der Waals surface area (Å²) in [5.74, 6) is -0.278. The van der Waals surface area contributed by atoms with Gasteiger partial charge in [-0.05, 0) is 19.9 Å². The molecule has 1 aliphatic heterocycles. The number of benzene rings is 1. The number of anilines is 1. The molecule has 2 atom stereocenters. The van der Waals surface area contributed by atoms with E-state index < -0.39 is 0 Å². The van der Waals surface area contributed by atoms with Gasteiger partial charge in [-0.1, -0.05) is 17.7 Å². The number of esters is 1. The Hall–Kier alpha value is -1.84. The third-order valence-electron chi connectivity index (χ3n) is 3.43. The molecule has 1 aromatic rings. The Labute approximate surface area is 113 Å². The van der Waals surface area contributed by atoms with Gasteiger partial charge >= 0.3 is 5.97 Å². The quantitative estimate of drug-likeness (QED) is 0.730. The van der Waals surface area contributed by atoms with Crippen molar-refractivity contribution < 1.29 is 14.3 Å². The van der Waals surface area contributed by atoms with E-state index in [1.165, 1.54) is 6.92 Å². The van der Waals surface area contributed by atoms with Crippen LogP contribution in [0.15, 0.2) is 18.2 Å². The van der Waals surface area contributed by atoms with Gasteiger partial charge in [0, 0.05) is 31.9 Å². The highest BCUT2D eigenvalue weighted by Crippen LogP contribution is 2.39. The Morgan fingerprint density at radius 3 is 2.58 bits per heavy atom. The van der Waals surface area contributed by atoms with Crippen LogP contribution in [0.2, 0.25) is 0 Å². The minimum Gasteiger partial charge on any atom is -0.458 e. The molecule has 2 rings (SSSR count). The topological polar surface area (TPSA) is 46.6 Å². The second-order valence-corrected chi connectivity index (χ2v) is 5.13. The first-order chi connectivity index (χ1) is 8.90. The van der Waals surface area contributed by atoms with Gasteiger partial charge in [-0.3, -0.25) is 9.59 Å². The van der Waals surface area contributed by atoms with Gasteiger partial charge in [0.2, 0.25) is 5.91 Å². The van der Waals surface area contributed by atoms with E-state index in [0.29, 0.717) is 6.42 Å². The molecule has 1 amide bonds. The molecule has 0 spiro atoms. The van der Waals surface area contributed by atoms with Crippen molar-refractivity contribution in [2.45, 2.75) is 46.3 Å². The van der Waals surface area contributed by atoms with Crippen molar-refractivity contribution in [2.24, 2.45) is 0 Å². The lowest BCUT2D eigenvalue weighted by Crippen LogP contribution is -2.42. The average molecular weight is 261 g/mol. The van der Waals surface area contributed by atoms with Crippen LogP contribution in [0.25, 0.3) is 0 Å². The van der Waals surface area contributed by atoms with Gasteiger partial charge in [-0.25, -0.2) is 0 Å². The number of nitrogens with zero attached hydrogens (tertiary/aromatic N) is 1. The van der Waals surface area contributed by atoms with Crippen molar-refractivity contribution in [1.82, 2.24) is 0 Å². The van der Waals surface area contributed by atoms with Gasteiger partial charge in [0.05, 0.1) is 5.69 Å². The van der Waals surface area contributed by atoms with E-state index in [4.69, 9.17) is 4.74 Å². The molecule has 1 aromatic carbocycles. The van der Waals surface area contributed by atoms with Gasteiger partial charge in [-0.15, -0.1) is 0 Å². The molecule has 0 bridgehead atoms. The summed E-state index contributed by atoms with van der Waals surface area (Å²) in [7, 11) is 0. The number of rotatable bonds is 1. The lowest BCUT2D eigenvalue weighted by Gasteiger charge is -2.38. The molecule has 0 radical (unpaired) electrons. The number of carbonyl (C=O) groups is 2. The summed E-state index contributed by atoms with van der Waals surface area (Å²) in [6.45, 7) is 6.94. The van der Waals surface area contributed by atoms with Crippen LogP contribution < -0.4 is 4.90 Å². The van der Waals surface area contributed by atoms with Crippen LogP contribution in [-0.4, -0.2) is 17.9 Å².